The molecule has 4 heteroatoms. The minimum Gasteiger partial charge on any atom is -0.481 e. The summed E-state index contributed by atoms with van der Waals surface area (Å²) in [6.45, 7) is 0. The summed E-state index contributed by atoms with van der Waals surface area (Å²) in [4.78, 5) is 10.4. The van der Waals surface area contributed by atoms with E-state index in [4.69, 9.17) is 10.8 Å². The van der Waals surface area contributed by atoms with Crippen LogP contribution in [-0.4, -0.2) is 28.3 Å². The van der Waals surface area contributed by atoms with Gasteiger partial charge in [0.15, 0.2) is 0 Å². The number of aliphatic hydroxyl groups is 1. The van der Waals surface area contributed by atoms with Crippen LogP contribution in [-0.2, 0) is 4.79 Å². The van der Waals surface area contributed by atoms with Crippen LogP contribution in [0.3, 0.4) is 0 Å². The van der Waals surface area contributed by atoms with Crippen molar-refractivity contribution < 1.29 is 15.0 Å². The maximum Gasteiger partial charge on any atom is 0.306 e. The zero-order valence-electron chi connectivity index (χ0n) is 8.54. The second-order valence-electron chi connectivity index (χ2n) is 3.87. The summed E-state index contributed by atoms with van der Waals surface area (Å²) < 4.78 is 0. The van der Waals surface area contributed by atoms with Crippen LogP contribution in [0.25, 0.3) is 0 Å². The Bertz CT molecular complexity index is 273. The maximum atomic E-state index is 10.4. The Balaban J connectivity index is 2.34. The molecular weight excluding hydrogens is 194 g/mol. The largest absolute Gasteiger partial charge is 0.481 e. The first-order valence-electron chi connectivity index (χ1n) is 5.08. The van der Waals surface area contributed by atoms with Crippen molar-refractivity contribution in [3.8, 4) is 0 Å². The third kappa shape index (κ3) is 4.27. The van der Waals surface area contributed by atoms with Gasteiger partial charge in [0.1, 0.15) is 0 Å². The molecule has 0 aromatic heterocycles. The van der Waals surface area contributed by atoms with E-state index in [9.17, 15) is 9.90 Å². The molecule has 1 aliphatic carbocycles. The van der Waals surface area contributed by atoms with Gasteiger partial charge in [-0.1, -0.05) is 24.3 Å². The maximum absolute atomic E-state index is 10.4. The van der Waals surface area contributed by atoms with Gasteiger partial charge in [0.25, 0.3) is 0 Å². The highest BCUT2D eigenvalue weighted by Gasteiger charge is 2.20. The van der Waals surface area contributed by atoms with Crippen LogP contribution in [0, 0.1) is 5.92 Å². The fourth-order valence-corrected chi connectivity index (χ4v) is 1.64. The standard InChI is InChI=1S/C11H17NO3/c12-9(10(13)7-11(14)15)6-8-4-2-1-3-5-8/h1-4,8-10,13H,5-7,12H2,(H,14,15). The van der Waals surface area contributed by atoms with E-state index >= 15 is 0 Å². The smallest absolute Gasteiger partial charge is 0.306 e. The molecule has 0 amide bonds. The summed E-state index contributed by atoms with van der Waals surface area (Å²) in [5.74, 6) is -0.703. The van der Waals surface area contributed by atoms with E-state index in [1.807, 2.05) is 24.3 Å². The van der Waals surface area contributed by atoms with Crippen molar-refractivity contribution >= 4 is 5.97 Å². The summed E-state index contributed by atoms with van der Waals surface area (Å²) in [5, 5.41) is 18.0. The summed E-state index contributed by atoms with van der Waals surface area (Å²) in [6.07, 6.45) is 8.28. The van der Waals surface area contributed by atoms with E-state index in [-0.39, 0.29) is 6.42 Å². The fraction of sp³-hybridized carbons (Fsp3) is 0.545. The van der Waals surface area contributed by atoms with E-state index in [1.54, 1.807) is 0 Å². The van der Waals surface area contributed by atoms with Crippen LogP contribution < -0.4 is 5.73 Å². The molecule has 0 aromatic rings. The first-order valence-corrected chi connectivity index (χ1v) is 5.08. The number of carbonyl (C=O) groups is 1. The highest BCUT2D eigenvalue weighted by atomic mass is 16.4. The normalized spacial score (nSPS) is 23.7. The second kappa shape index (κ2) is 5.68. The lowest BCUT2D eigenvalue weighted by Gasteiger charge is -2.21. The number of carboxylic acids is 1. The lowest BCUT2D eigenvalue weighted by Crippen LogP contribution is -2.37. The molecule has 0 radical (unpaired) electrons. The molecule has 0 heterocycles. The van der Waals surface area contributed by atoms with Gasteiger partial charge in [-0.25, -0.2) is 0 Å². The molecule has 0 spiro atoms. The monoisotopic (exact) mass is 211 g/mol. The minimum absolute atomic E-state index is 0.284. The number of carboxylic acid groups (broad SMARTS) is 1. The van der Waals surface area contributed by atoms with E-state index in [0.29, 0.717) is 12.3 Å². The first-order chi connectivity index (χ1) is 7.09. The van der Waals surface area contributed by atoms with Crippen molar-refractivity contribution in [2.75, 3.05) is 0 Å². The molecule has 15 heavy (non-hydrogen) atoms. The lowest BCUT2D eigenvalue weighted by molar-refractivity contribution is -0.139. The summed E-state index contributed by atoms with van der Waals surface area (Å²) in [7, 11) is 0. The zero-order valence-corrected chi connectivity index (χ0v) is 8.54. The Morgan fingerprint density at radius 2 is 2.27 bits per heavy atom. The third-order valence-electron chi connectivity index (χ3n) is 2.52. The number of hydrogen-bond donors (Lipinski definition) is 3. The summed E-state index contributed by atoms with van der Waals surface area (Å²) in [5.41, 5.74) is 5.73. The average molecular weight is 211 g/mol. The minimum atomic E-state index is -1.02. The van der Waals surface area contributed by atoms with Crippen molar-refractivity contribution in [1.82, 2.24) is 0 Å². The fourth-order valence-electron chi connectivity index (χ4n) is 1.64. The van der Waals surface area contributed by atoms with Crippen molar-refractivity contribution in [3.63, 3.8) is 0 Å². The highest BCUT2D eigenvalue weighted by Crippen LogP contribution is 2.18. The number of hydrogen-bond acceptors (Lipinski definition) is 3. The van der Waals surface area contributed by atoms with Crippen LogP contribution in [0.4, 0.5) is 0 Å². The van der Waals surface area contributed by atoms with Crippen LogP contribution in [0.2, 0.25) is 0 Å². The summed E-state index contributed by atoms with van der Waals surface area (Å²) >= 11 is 0. The number of aliphatic carboxylic acids is 1. The third-order valence-corrected chi connectivity index (χ3v) is 2.52. The van der Waals surface area contributed by atoms with Gasteiger partial charge in [-0.15, -0.1) is 0 Å². The van der Waals surface area contributed by atoms with E-state index in [2.05, 4.69) is 0 Å². The topological polar surface area (TPSA) is 83.5 Å². The lowest BCUT2D eigenvalue weighted by atomic mass is 9.91. The Morgan fingerprint density at radius 1 is 1.53 bits per heavy atom. The van der Waals surface area contributed by atoms with Gasteiger partial charge in [0.2, 0.25) is 0 Å². The number of allylic oxidation sites excluding steroid dienone is 4. The summed E-state index contributed by atoms with van der Waals surface area (Å²) in [6, 6.07) is -0.470. The van der Waals surface area contributed by atoms with Gasteiger partial charge in [-0.3, -0.25) is 4.79 Å². The molecule has 0 saturated heterocycles. The number of nitrogens with two attached hydrogens (primary N) is 1. The van der Waals surface area contributed by atoms with Gasteiger partial charge in [0, 0.05) is 6.04 Å². The SMILES string of the molecule is NC(CC1C=CC=CC1)C(O)CC(=O)O. The van der Waals surface area contributed by atoms with Crippen LogP contribution in [0.1, 0.15) is 19.3 Å². The molecule has 0 fully saturated rings. The van der Waals surface area contributed by atoms with E-state index in [0.717, 1.165) is 6.42 Å². The highest BCUT2D eigenvalue weighted by molar-refractivity contribution is 5.67. The van der Waals surface area contributed by atoms with Crippen LogP contribution in [0.5, 0.6) is 0 Å². The Hall–Kier alpha value is -1.13. The molecule has 84 valence electrons. The molecule has 1 aliphatic rings. The van der Waals surface area contributed by atoms with Gasteiger partial charge in [-0.05, 0) is 18.8 Å². The predicted octanol–water partition coefficient (Wildman–Crippen LogP) is 0.672. The quantitative estimate of drug-likeness (QED) is 0.624. The van der Waals surface area contributed by atoms with Crippen molar-refractivity contribution in [2.45, 2.75) is 31.4 Å². The Morgan fingerprint density at radius 3 is 2.80 bits per heavy atom. The van der Waals surface area contributed by atoms with Crippen LogP contribution >= 0.6 is 0 Å². The molecule has 0 saturated carbocycles. The Labute approximate surface area is 89.1 Å². The van der Waals surface area contributed by atoms with Crippen molar-refractivity contribution in [2.24, 2.45) is 11.7 Å². The zero-order chi connectivity index (χ0) is 11.3. The Kier molecular flexibility index (Phi) is 4.52. The molecular formula is C11H17NO3. The molecule has 0 aliphatic heterocycles. The average Bonchev–Trinajstić information content (AvgIpc) is 2.18. The predicted molar refractivity (Wildman–Crippen MR) is 57.2 cm³/mol. The molecule has 0 bridgehead atoms. The van der Waals surface area contributed by atoms with E-state index < -0.39 is 18.1 Å². The molecule has 3 unspecified atom stereocenters. The molecule has 4 N–H and O–H groups in total. The number of rotatable bonds is 5. The second-order valence-corrected chi connectivity index (χ2v) is 3.87. The molecule has 3 atom stereocenters. The van der Waals surface area contributed by atoms with Crippen molar-refractivity contribution in [3.05, 3.63) is 24.3 Å². The van der Waals surface area contributed by atoms with Gasteiger partial charge in [0.05, 0.1) is 12.5 Å². The van der Waals surface area contributed by atoms with Gasteiger partial charge in [-0.2, -0.15) is 0 Å². The van der Waals surface area contributed by atoms with Crippen LogP contribution in [0.15, 0.2) is 24.3 Å². The van der Waals surface area contributed by atoms with Gasteiger partial charge < -0.3 is 15.9 Å². The molecule has 1 rings (SSSR count). The number of aliphatic hydroxyl groups excluding tert-OH is 1. The molecule has 4 nitrogen and oxygen atoms in total. The van der Waals surface area contributed by atoms with Gasteiger partial charge >= 0.3 is 5.97 Å². The molecule has 0 aromatic carbocycles. The first kappa shape index (κ1) is 11.9. The van der Waals surface area contributed by atoms with Crippen molar-refractivity contribution in [1.29, 1.82) is 0 Å². The van der Waals surface area contributed by atoms with E-state index in [1.165, 1.54) is 0 Å².